The van der Waals surface area contributed by atoms with Gasteiger partial charge < -0.3 is 10.5 Å². The summed E-state index contributed by atoms with van der Waals surface area (Å²) in [5.41, 5.74) is 12.4. The Morgan fingerprint density at radius 1 is 0.950 bits per heavy atom. The van der Waals surface area contributed by atoms with Crippen molar-refractivity contribution in [3.8, 4) is 5.75 Å². The molecule has 1 aliphatic carbocycles. The molecule has 20 heavy (non-hydrogen) atoms. The van der Waals surface area contributed by atoms with E-state index in [0.717, 1.165) is 12.2 Å². The van der Waals surface area contributed by atoms with Crippen molar-refractivity contribution < 1.29 is 4.74 Å². The van der Waals surface area contributed by atoms with Crippen LogP contribution in [0.5, 0.6) is 5.75 Å². The van der Waals surface area contributed by atoms with Crippen molar-refractivity contribution in [2.45, 2.75) is 32.1 Å². The van der Waals surface area contributed by atoms with Gasteiger partial charge in [-0.2, -0.15) is 0 Å². The van der Waals surface area contributed by atoms with Crippen LogP contribution in [0.1, 0.15) is 35.1 Å². The van der Waals surface area contributed by atoms with Crippen LogP contribution >= 0.6 is 0 Å². The quantitative estimate of drug-likeness (QED) is 0.860. The van der Waals surface area contributed by atoms with Gasteiger partial charge in [0.25, 0.3) is 0 Å². The average molecular weight is 267 g/mol. The van der Waals surface area contributed by atoms with E-state index in [1.807, 2.05) is 12.1 Å². The molecular weight excluding hydrogens is 246 g/mol. The van der Waals surface area contributed by atoms with Crippen molar-refractivity contribution in [3.63, 3.8) is 0 Å². The molecule has 0 saturated heterocycles. The molecule has 0 saturated carbocycles. The number of anilines is 1. The van der Waals surface area contributed by atoms with E-state index in [1.54, 1.807) is 7.11 Å². The number of hydrogen-bond donors (Lipinski definition) is 1. The Morgan fingerprint density at radius 2 is 1.65 bits per heavy atom. The lowest BCUT2D eigenvalue weighted by atomic mass is 9.89. The number of rotatable bonds is 3. The third kappa shape index (κ3) is 2.64. The zero-order valence-electron chi connectivity index (χ0n) is 12.0. The summed E-state index contributed by atoms with van der Waals surface area (Å²) in [6, 6.07) is 13.0. The molecule has 0 atom stereocenters. The number of methoxy groups -OCH3 is 1. The van der Waals surface area contributed by atoms with Crippen LogP contribution in [0.3, 0.4) is 0 Å². The first kappa shape index (κ1) is 13.0. The van der Waals surface area contributed by atoms with Gasteiger partial charge in [0.1, 0.15) is 5.75 Å². The van der Waals surface area contributed by atoms with Crippen molar-refractivity contribution in [1.82, 2.24) is 0 Å². The molecule has 2 aromatic carbocycles. The number of hydrogen-bond acceptors (Lipinski definition) is 2. The van der Waals surface area contributed by atoms with Crippen LogP contribution in [-0.2, 0) is 19.3 Å². The third-order valence-electron chi connectivity index (χ3n) is 4.12. The van der Waals surface area contributed by atoms with Gasteiger partial charge >= 0.3 is 0 Å². The standard InChI is InChI=1S/C18H21NO/c1-20-18-9-7-14(12-17(18)19)10-13-6-8-15-4-2-3-5-16(15)11-13/h6-9,11-12H,2-5,10,19H2,1H3. The second-order valence-corrected chi connectivity index (χ2v) is 5.56. The number of nitrogens with two attached hydrogens (primary N) is 1. The highest BCUT2D eigenvalue weighted by Gasteiger charge is 2.10. The fourth-order valence-electron chi connectivity index (χ4n) is 3.03. The van der Waals surface area contributed by atoms with Crippen molar-refractivity contribution >= 4 is 5.69 Å². The van der Waals surface area contributed by atoms with Gasteiger partial charge in [0.05, 0.1) is 12.8 Å². The maximum Gasteiger partial charge on any atom is 0.141 e. The number of ether oxygens (including phenoxy) is 1. The van der Waals surface area contributed by atoms with Crippen molar-refractivity contribution in [1.29, 1.82) is 0 Å². The molecule has 0 spiro atoms. The first-order valence-corrected chi connectivity index (χ1v) is 7.29. The molecule has 1 aliphatic rings. The lowest BCUT2D eigenvalue weighted by Crippen LogP contribution is -2.03. The van der Waals surface area contributed by atoms with Crippen molar-refractivity contribution in [3.05, 3.63) is 58.7 Å². The molecule has 3 rings (SSSR count). The van der Waals surface area contributed by atoms with Crippen molar-refractivity contribution in [2.24, 2.45) is 0 Å². The molecule has 0 unspecified atom stereocenters. The SMILES string of the molecule is COc1ccc(Cc2ccc3c(c2)CCCC3)cc1N. The van der Waals surface area contributed by atoms with E-state index in [0.29, 0.717) is 5.69 Å². The first-order chi connectivity index (χ1) is 9.76. The third-order valence-corrected chi connectivity index (χ3v) is 4.12. The summed E-state index contributed by atoms with van der Waals surface area (Å²) in [5, 5.41) is 0. The minimum absolute atomic E-state index is 0.711. The summed E-state index contributed by atoms with van der Waals surface area (Å²) in [6.07, 6.45) is 6.06. The number of benzene rings is 2. The summed E-state index contributed by atoms with van der Waals surface area (Å²) in [7, 11) is 1.65. The van der Waals surface area contributed by atoms with Crippen LogP contribution in [0.2, 0.25) is 0 Å². The molecule has 0 amide bonds. The normalized spacial score (nSPS) is 13.8. The molecule has 0 heterocycles. The maximum absolute atomic E-state index is 5.97. The van der Waals surface area contributed by atoms with E-state index >= 15 is 0 Å². The summed E-state index contributed by atoms with van der Waals surface area (Å²) >= 11 is 0. The molecule has 0 fully saturated rings. The second kappa shape index (κ2) is 5.58. The van der Waals surface area contributed by atoms with Gasteiger partial charge in [-0.25, -0.2) is 0 Å². The minimum atomic E-state index is 0.711. The monoisotopic (exact) mass is 267 g/mol. The lowest BCUT2D eigenvalue weighted by molar-refractivity contribution is 0.417. The van der Waals surface area contributed by atoms with Gasteiger partial charge in [0, 0.05) is 0 Å². The van der Waals surface area contributed by atoms with Gasteiger partial charge in [0.15, 0.2) is 0 Å². The number of fused-ring (bicyclic) bond motifs is 1. The van der Waals surface area contributed by atoms with Crippen molar-refractivity contribution in [2.75, 3.05) is 12.8 Å². The summed E-state index contributed by atoms with van der Waals surface area (Å²) in [6.45, 7) is 0. The van der Waals surface area contributed by atoms with E-state index in [9.17, 15) is 0 Å². The van der Waals surface area contributed by atoms with E-state index in [1.165, 1.54) is 47.9 Å². The molecular formula is C18H21NO. The Morgan fingerprint density at radius 3 is 2.40 bits per heavy atom. The lowest BCUT2D eigenvalue weighted by Gasteiger charge is -2.16. The zero-order valence-corrected chi connectivity index (χ0v) is 12.0. The Balaban J connectivity index is 1.82. The van der Waals surface area contributed by atoms with E-state index in [4.69, 9.17) is 10.5 Å². The van der Waals surface area contributed by atoms with Crippen LogP contribution < -0.4 is 10.5 Å². The largest absolute Gasteiger partial charge is 0.495 e. The van der Waals surface area contributed by atoms with Crippen LogP contribution in [0.15, 0.2) is 36.4 Å². The summed E-state index contributed by atoms with van der Waals surface area (Å²) in [4.78, 5) is 0. The molecule has 2 aromatic rings. The van der Waals surface area contributed by atoms with Gasteiger partial charge in [-0.1, -0.05) is 24.3 Å². The Hall–Kier alpha value is -1.96. The van der Waals surface area contributed by atoms with E-state index < -0.39 is 0 Å². The Kier molecular flexibility index (Phi) is 3.64. The molecule has 0 radical (unpaired) electrons. The van der Waals surface area contributed by atoms with Crippen LogP contribution in [-0.4, -0.2) is 7.11 Å². The topological polar surface area (TPSA) is 35.2 Å². The summed E-state index contributed by atoms with van der Waals surface area (Å²) < 4.78 is 5.20. The maximum atomic E-state index is 5.97. The van der Waals surface area contributed by atoms with Crippen LogP contribution in [0.4, 0.5) is 5.69 Å². The molecule has 0 bridgehead atoms. The van der Waals surface area contributed by atoms with Gasteiger partial charge in [-0.05, 0) is 66.5 Å². The molecule has 0 aliphatic heterocycles. The zero-order chi connectivity index (χ0) is 13.9. The highest BCUT2D eigenvalue weighted by atomic mass is 16.5. The Bertz CT molecular complexity index is 619. The predicted molar refractivity (Wildman–Crippen MR) is 83.3 cm³/mol. The smallest absolute Gasteiger partial charge is 0.141 e. The van der Waals surface area contributed by atoms with Gasteiger partial charge in [0.2, 0.25) is 0 Å². The number of nitrogen functional groups attached to an aromatic ring is 1. The number of aryl methyl sites for hydroxylation is 2. The fourth-order valence-corrected chi connectivity index (χ4v) is 3.03. The molecule has 2 nitrogen and oxygen atoms in total. The second-order valence-electron chi connectivity index (χ2n) is 5.56. The average Bonchev–Trinajstić information content (AvgIpc) is 2.47. The van der Waals surface area contributed by atoms with Gasteiger partial charge in [-0.15, -0.1) is 0 Å². The predicted octanol–water partition coefficient (Wildman–Crippen LogP) is 3.75. The molecule has 2 heteroatoms. The minimum Gasteiger partial charge on any atom is -0.495 e. The van der Waals surface area contributed by atoms with E-state index in [-0.39, 0.29) is 0 Å². The highest BCUT2D eigenvalue weighted by molar-refractivity contribution is 5.55. The Labute approximate surface area is 120 Å². The van der Waals surface area contributed by atoms with Gasteiger partial charge in [-0.3, -0.25) is 0 Å². The molecule has 2 N–H and O–H groups in total. The highest BCUT2D eigenvalue weighted by Crippen LogP contribution is 2.26. The summed E-state index contributed by atoms with van der Waals surface area (Å²) in [5.74, 6) is 0.749. The van der Waals surface area contributed by atoms with Crippen LogP contribution in [0, 0.1) is 0 Å². The van der Waals surface area contributed by atoms with E-state index in [2.05, 4.69) is 24.3 Å². The first-order valence-electron chi connectivity index (χ1n) is 7.29. The molecule has 0 aromatic heterocycles. The molecule has 104 valence electrons. The van der Waals surface area contributed by atoms with Crippen LogP contribution in [0.25, 0.3) is 0 Å². The fraction of sp³-hybridized carbons (Fsp3) is 0.333.